The van der Waals surface area contributed by atoms with Crippen molar-refractivity contribution in [3.8, 4) is 0 Å². The molecule has 0 aliphatic heterocycles. The Morgan fingerprint density at radius 2 is 2.17 bits per heavy atom. The second kappa shape index (κ2) is 6.74. The Hall–Kier alpha value is -0.970. The van der Waals surface area contributed by atoms with Crippen LogP contribution in [0.25, 0.3) is 10.9 Å². The van der Waals surface area contributed by atoms with E-state index in [1.165, 1.54) is 35.9 Å². The number of anilines is 1. The average molecular weight is 489 g/mol. The SMILES string of the molecule is O=c1[nH]c(CSc2nnc(NC3CC3)s2)nc2c(Br)cc(Br)cc12. The lowest BCUT2D eigenvalue weighted by atomic mass is 10.2. The molecule has 0 unspecified atom stereocenters. The molecule has 2 heterocycles. The molecule has 0 amide bonds. The Balaban J connectivity index is 1.53. The summed E-state index contributed by atoms with van der Waals surface area (Å²) in [5.41, 5.74) is 0.511. The van der Waals surface area contributed by atoms with Gasteiger partial charge in [-0.3, -0.25) is 4.79 Å². The van der Waals surface area contributed by atoms with E-state index in [1.54, 1.807) is 6.07 Å². The van der Waals surface area contributed by atoms with Gasteiger partial charge in [-0.15, -0.1) is 10.2 Å². The maximum Gasteiger partial charge on any atom is 0.258 e. The number of fused-ring (bicyclic) bond motifs is 1. The van der Waals surface area contributed by atoms with Crippen LogP contribution in [0.3, 0.4) is 0 Å². The first kappa shape index (κ1) is 16.5. The fraction of sp³-hybridized carbons (Fsp3) is 0.286. The molecule has 6 nitrogen and oxygen atoms in total. The van der Waals surface area contributed by atoms with Crippen molar-refractivity contribution in [1.82, 2.24) is 20.2 Å². The first-order chi connectivity index (χ1) is 11.6. The largest absolute Gasteiger partial charge is 0.357 e. The fourth-order valence-corrected chi connectivity index (χ4v) is 5.15. The Kier molecular flexibility index (Phi) is 4.63. The molecule has 124 valence electrons. The van der Waals surface area contributed by atoms with Crippen LogP contribution in [-0.2, 0) is 5.75 Å². The van der Waals surface area contributed by atoms with Gasteiger partial charge in [0.25, 0.3) is 5.56 Å². The van der Waals surface area contributed by atoms with E-state index in [1.807, 2.05) is 6.07 Å². The summed E-state index contributed by atoms with van der Waals surface area (Å²) in [7, 11) is 0. The molecule has 0 atom stereocenters. The van der Waals surface area contributed by atoms with Gasteiger partial charge in [0.1, 0.15) is 5.82 Å². The van der Waals surface area contributed by atoms with E-state index in [2.05, 4.69) is 57.3 Å². The van der Waals surface area contributed by atoms with Gasteiger partial charge in [0.2, 0.25) is 5.13 Å². The molecule has 0 bridgehead atoms. The van der Waals surface area contributed by atoms with Crippen molar-refractivity contribution >= 4 is 71.0 Å². The van der Waals surface area contributed by atoms with Crippen LogP contribution in [-0.4, -0.2) is 26.2 Å². The van der Waals surface area contributed by atoms with Crippen LogP contribution in [0, 0.1) is 0 Å². The third-order valence-electron chi connectivity index (χ3n) is 3.42. The maximum atomic E-state index is 12.3. The molecule has 3 aromatic rings. The first-order valence-corrected chi connectivity index (χ1v) is 10.6. The minimum Gasteiger partial charge on any atom is -0.357 e. The van der Waals surface area contributed by atoms with Gasteiger partial charge in [-0.2, -0.15) is 0 Å². The fourth-order valence-electron chi connectivity index (χ4n) is 2.14. The monoisotopic (exact) mass is 487 g/mol. The van der Waals surface area contributed by atoms with Gasteiger partial charge in [0, 0.05) is 15.0 Å². The number of benzene rings is 1. The van der Waals surface area contributed by atoms with Crippen molar-refractivity contribution in [2.75, 3.05) is 5.32 Å². The van der Waals surface area contributed by atoms with E-state index in [-0.39, 0.29) is 5.56 Å². The Labute approximate surface area is 162 Å². The summed E-state index contributed by atoms with van der Waals surface area (Å²) in [6, 6.07) is 4.21. The molecule has 10 heteroatoms. The summed E-state index contributed by atoms with van der Waals surface area (Å²) in [6.45, 7) is 0. The zero-order valence-corrected chi connectivity index (χ0v) is 17.0. The van der Waals surface area contributed by atoms with Crippen LogP contribution in [0.2, 0.25) is 0 Å². The van der Waals surface area contributed by atoms with Gasteiger partial charge in [0.15, 0.2) is 4.34 Å². The van der Waals surface area contributed by atoms with Gasteiger partial charge >= 0.3 is 0 Å². The molecule has 4 rings (SSSR count). The van der Waals surface area contributed by atoms with Crippen LogP contribution < -0.4 is 10.9 Å². The first-order valence-electron chi connectivity index (χ1n) is 7.19. The molecular weight excluding hydrogens is 478 g/mol. The van der Waals surface area contributed by atoms with Gasteiger partial charge in [-0.05, 0) is 40.9 Å². The Morgan fingerprint density at radius 1 is 1.33 bits per heavy atom. The van der Waals surface area contributed by atoms with Gasteiger partial charge in [-0.1, -0.05) is 39.0 Å². The molecule has 0 saturated heterocycles. The van der Waals surface area contributed by atoms with E-state index in [0.717, 1.165) is 18.4 Å². The predicted octanol–water partition coefficient (Wildman–Crippen LogP) is 4.17. The van der Waals surface area contributed by atoms with E-state index < -0.39 is 0 Å². The van der Waals surface area contributed by atoms with Crippen molar-refractivity contribution in [2.24, 2.45) is 0 Å². The van der Waals surface area contributed by atoms with Crippen LogP contribution in [0.15, 0.2) is 30.2 Å². The Bertz CT molecular complexity index is 969. The van der Waals surface area contributed by atoms with E-state index in [0.29, 0.717) is 28.5 Å². The average Bonchev–Trinajstić information content (AvgIpc) is 3.23. The normalized spacial score (nSPS) is 14.2. The summed E-state index contributed by atoms with van der Waals surface area (Å²) in [6.07, 6.45) is 2.41. The molecule has 24 heavy (non-hydrogen) atoms. The lowest BCUT2D eigenvalue weighted by molar-refractivity contribution is 0.989. The molecule has 2 aromatic heterocycles. The van der Waals surface area contributed by atoms with Gasteiger partial charge in [0.05, 0.1) is 16.7 Å². The van der Waals surface area contributed by atoms with Crippen molar-refractivity contribution in [2.45, 2.75) is 29.0 Å². The quantitative estimate of drug-likeness (QED) is 0.524. The van der Waals surface area contributed by atoms with Crippen LogP contribution in [0.1, 0.15) is 18.7 Å². The van der Waals surface area contributed by atoms with E-state index in [9.17, 15) is 4.79 Å². The highest BCUT2D eigenvalue weighted by Crippen LogP contribution is 2.31. The van der Waals surface area contributed by atoms with E-state index >= 15 is 0 Å². The zero-order valence-electron chi connectivity index (χ0n) is 12.2. The maximum absolute atomic E-state index is 12.3. The van der Waals surface area contributed by atoms with Gasteiger partial charge < -0.3 is 10.3 Å². The minimum atomic E-state index is -0.147. The smallest absolute Gasteiger partial charge is 0.258 e. The van der Waals surface area contributed by atoms with Crippen LogP contribution in [0.4, 0.5) is 5.13 Å². The molecule has 1 aliphatic carbocycles. The number of thioether (sulfide) groups is 1. The second-order valence-corrected chi connectivity index (χ2v) is 9.35. The molecule has 1 fully saturated rings. The third-order valence-corrected chi connectivity index (χ3v) is 6.48. The summed E-state index contributed by atoms with van der Waals surface area (Å²) >= 11 is 9.89. The second-order valence-electron chi connectivity index (χ2n) is 5.38. The number of aromatic nitrogens is 4. The molecule has 0 radical (unpaired) electrons. The minimum absolute atomic E-state index is 0.147. The molecule has 2 N–H and O–H groups in total. The number of aromatic amines is 1. The molecular formula is C14H11Br2N5OS2. The number of nitrogens with one attached hydrogen (secondary N) is 2. The molecule has 0 spiro atoms. The summed E-state index contributed by atoms with van der Waals surface area (Å²) < 4.78 is 2.48. The Morgan fingerprint density at radius 3 is 2.96 bits per heavy atom. The summed E-state index contributed by atoms with van der Waals surface area (Å²) in [5, 5.41) is 13.0. The lowest BCUT2D eigenvalue weighted by Crippen LogP contribution is -2.11. The highest BCUT2D eigenvalue weighted by molar-refractivity contribution is 9.11. The molecule has 1 aliphatic rings. The standard InChI is InChI=1S/C14H11Br2N5OS2/c15-6-3-8-11(9(16)4-6)18-10(19-12(8)22)5-23-14-21-20-13(24-14)17-7-1-2-7/h3-4,7H,1-2,5H2,(H,17,20)(H,18,19,22). The van der Waals surface area contributed by atoms with Crippen LogP contribution in [0.5, 0.6) is 0 Å². The van der Waals surface area contributed by atoms with Crippen molar-refractivity contribution < 1.29 is 0 Å². The number of rotatable bonds is 5. The molecule has 1 aromatic carbocycles. The van der Waals surface area contributed by atoms with Crippen molar-refractivity contribution in [3.05, 3.63) is 37.3 Å². The number of halogens is 2. The highest BCUT2D eigenvalue weighted by Gasteiger charge is 2.22. The lowest BCUT2D eigenvalue weighted by Gasteiger charge is -2.04. The third kappa shape index (κ3) is 3.66. The molecule has 1 saturated carbocycles. The number of hydrogen-bond acceptors (Lipinski definition) is 7. The summed E-state index contributed by atoms with van der Waals surface area (Å²) in [5.74, 6) is 1.15. The van der Waals surface area contributed by atoms with Crippen molar-refractivity contribution in [3.63, 3.8) is 0 Å². The van der Waals surface area contributed by atoms with Gasteiger partial charge in [-0.25, -0.2) is 4.98 Å². The van der Waals surface area contributed by atoms with Crippen molar-refractivity contribution in [1.29, 1.82) is 0 Å². The summed E-state index contributed by atoms with van der Waals surface area (Å²) in [4.78, 5) is 19.7. The predicted molar refractivity (Wildman–Crippen MR) is 104 cm³/mol. The number of hydrogen-bond donors (Lipinski definition) is 2. The van der Waals surface area contributed by atoms with E-state index in [4.69, 9.17) is 0 Å². The van der Waals surface area contributed by atoms with Crippen LogP contribution >= 0.6 is 55.0 Å². The highest BCUT2D eigenvalue weighted by atomic mass is 79.9. The topological polar surface area (TPSA) is 83.6 Å². The number of nitrogens with zero attached hydrogens (tertiary/aromatic N) is 3. The number of H-pyrrole nitrogens is 1. The zero-order chi connectivity index (χ0) is 16.7.